The van der Waals surface area contributed by atoms with Gasteiger partial charge in [-0.25, -0.2) is 4.79 Å². The van der Waals surface area contributed by atoms with Gasteiger partial charge in [-0.05, 0) is 13.0 Å². The molecule has 0 bridgehead atoms. The van der Waals surface area contributed by atoms with Crippen LogP contribution in [-0.4, -0.2) is 22.5 Å². The van der Waals surface area contributed by atoms with Crippen molar-refractivity contribution in [1.29, 1.82) is 0 Å². The predicted molar refractivity (Wildman–Crippen MR) is 74.0 cm³/mol. The normalized spacial score (nSPS) is 10.4. The molecule has 2 aromatic rings. The van der Waals surface area contributed by atoms with E-state index in [0.29, 0.717) is 0 Å². The lowest BCUT2D eigenvalue weighted by Crippen LogP contribution is -2.07. The summed E-state index contributed by atoms with van der Waals surface area (Å²) in [5.74, 6) is -1.02. The zero-order chi connectivity index (χ0) is 15.6. The summed E-state index contributed by atoms with van der Waals surface area (Å²) in [6, 6.07) is 3.81. The summed E-state index contributed by atoms with van der Waals surface area (Å²) in [6.45, 7) is 1.79. The highest BCUT2D eigenvalue weighted by Crippen LogP contribution is 2.30. The Morgan fingerprint density at radius 2 is 2.24 bits per heavy atom. The van der Waals surface area contributed by atoms with E-state index in [1.807, 2.05) is 0 Å². The minimum atomic E-state index is -0.735. The van der Waals surface area contributed by atoms with Crippen molar-refractivity contribution in [2.24, 2.45) is 0 Å². The second kappa shape index (κ2) is 5.80. The largest absolute Gasteiger partial charge is 0.461 e. The summed E-state index contributed by atoms with van der Waals surface area (Å²) in [5, 5.41) is 10.9. The highest BCUT2D eigenvalue weighted by atomic mass is 35.5. The van der Waals surface area contributed by atoms with Crippen molar-refractivity contribution in [3.63, 3.8) is 0 Å². The van der Waals surface area contributed by atoms with Crippen LogP contribution in [0, 0.1) is 10.1 Å². The van der Waals surface area contributed by atoms with Crippen LogP contribution in [0.15, 0.2) is 22.6 Å². The third-order valence-electron chi connectivity index (χ3n) is 2.46. The van der Waals surface area contributed by atoms with Crippen LogP contribution in [0.5, 0.6) is 0 Å². The van der Waals surface area contributed by atoms with E-state index >= 15 is 0 Å². The van der Waals surface area contributed by atoms with Gasteiger partial charge in [0.1, 0.15) is 0 Å². The van der Waals surface area contributed by atoms with Crippen LogP contribution < -0.4 is 5.73 Å². The van der Waals surface area contributed by atoms with Crippen molar-refractivity contribution in [2.45, 2.75) is 6.92 Å². The molecule has 21 heavy (non-hydrogen) atoms. The predicted octanol–water partition coefficient (Wildman–Crippen LogP) is 2.66. The van der Waals surface area contributed by atoms with Crippen LogP contribution in [0.3, 0.4) is 0 Å². The number of oxazole rings is 1. The number of non-ortho nitro benzene ring substituents is 1. The van der Waals surface area contributed by atoms with Gasteiger partial charge in [-0.3, -0.25) is 10.1 Å². The molecule has 110 valence electrons. The summed E-state index contributed by atoms with van der Waals surface area (Å²) < 4.78 is 9.91. The van der Waals surface area contributed by atoms with E-state index in [1.165, 1.54) is 18.2 Å². The van der Waals surface area contributed by atoms with Crippen LogP contribution in [0.1, 0.15) is 17.4 Å². The number of esters is 1. The second-order valence-corrected chi connectivity index (χ2v) is 4.34. The average Bonchev–Trinajstić information content (AvgIpc) is 2.80. The number of benzene rings is 1. The zero-order valence-electron chi connectivity index (χ0n) is 10.8. The lowest BCUT2D eigenvalue weighted by Gasteiger charge is -1.98. The Hall–Kier alpha value is -2.61. The van der Waals surface area contributed by atoms with Crippen molar-refractivity contribution in [3.05, 3.63) is 39.0 Å². The molecule has 0 spiro atoms. The number of hydrogen-bond acceptors (Lipinski definition) is 7. The molecule has 0 radical (unpaired) electrons. The molecule has 8 nitrogen and oxygen atoms in total. The first-order chi connectivity index (χ1) is 9.92. The highest BCUT2D eigenvalue weighted by Gasteiger charge is 2.21. The number of aromatic nitrogens is 1. The molecule has 0 amide bonds. The fourth-order valence-corrected chi connectivity index (χ4v) is 1.83. The standard InChI is InChI=1S/C12H10ClN3O5/c1-2-20-12(17)9-10(14)21-11(15-9)6-3-7(13)5-8(4-6)16(18)19/h3-5H,2,14H2,1H3. The number of hydrogen-bond donors (Lipinski definition) is 1. The minimum Gasteiger partial charge on any atom is -0.461 e. The number of nitrogens with zero attached hydrogens (tertiary/aromatic N) is 2. The molecule has 0 aliphatic carbocycles. The first kappa shape index (κ1) is 14.8. The maximum atomic E-state index is 11.6. The highest BCUT2D eigenvalue weighted by molar-refractivity contribution is 6.31. The average molecular weight is 312 g/mol. The topological polar surface area (TPSA) is 121 Å². The quantitative estimate of drug-likeness (QED) is 0.523. The molecule has 0 aliphatic rings. The Bertz CT molecular complexity index is 713. The molecule has 1 aromatic heterocycles. The molecule has 0 fully saturated rings. The van der Waals surface area contributed by atoms with E-state index in [9.17, 15) is 14.9 Å². The molecule has 0 atom stereocenters. The molecule has 0 saturated heterocycles. The van der Waals surface area contributed by atoms with E-state index in [4.69, 9.17) is 26.5 Å². The SMILES string of the molecule is CCOC(=O)c1nc(-c2cc(Cl)cc([N+](=O)[O-])c2)oc1N. The fourth-order valence-electron chi connectivity index (χ4n) is 1.60. The summed E-state index contributed by atoms with van der Waals surface area (Å²) >= 11 is 5.81. The Morgan fingerprint density at radius 3 is 2.86 bits per heavy atom. The Morgan fingerprint density at radius 1 is 1.52 bits per heavy atom. The van der Waals surface area contributed by atoms with E-state index in [-0.39, 0.29) is 40.3 Å². The van der Waals surface area contributed by atoms with Crippen molar-refractivity contribution in [3.8, 4) is 11.5 Å². The van der Waals surface area contributed by atoms with Gasteiger partial charge in [0.05, 0.1) is 11.5 Å². The van der Waals surface area contributed by atoms with E-state index < -0.39 is 10.9 Å². The smallest absolute Gasteiger partial charge is 0.362 e. The van der Waals surface area contributed by atoms with Crippen molar-refractivity contribution >= 4 is 29.1 Å². The molecule has 9 heteroatoms. The zero-order valence-corrected chi connectivity index (χ0v) is 11.6. The van der Waals surface area contributed by atoms with Crippen LogP contribution >= 0.6 is 11.6 Å². The third-order valence-corrected chi connectivity index (χ3v) is 2.68. The van der Waals surface area contributed by atoms with Gasteiger partial charge in [-0.2, -0.15) is 4.98 Å². The Labute approximate surface area is 123 Å². The summed E-state index contributed by atoms with van der Waals surface area (Å²) in [6.07, 6.45) is 0. The molecule has 2 N–H and O–H groups in total. The van der Waals surface area contributed by atoms with Gasteiger partial charge in [0, 0.05) is 22.7 Å². The number of carbonyl (C=O) groups is 1. The summed E-state index contributed by atoms with van der Waals surface area (Å²) in [7, 11) is 0. The molecular formula is C12H10ClN3O5. The number of nitrogen functional groups attached to an aromatic ring is 1. The second-order valence-electron chi connectivity index (χ2n) is 3.91. The molecule has 1 heterocycles. The molecular weight excluding hydrogens is 302 g/mol. The molecule has 0 aliphatic heterocycles. The Kier molecular flexibility index (Phi) is 4.08. The van der Waals surface area contributed by atoms with E-state index in [0.717, 1.165) is 0 Å². The van der Waals surface area contributed by atoms with Crippen molar-refractivity contribution in [1.82, 2.24) is 4.98 Å². The number of nitro groups is 1. The fraction of sp³-hybridized carbons (Fsp3) is 0.167. The van der Waals surface area contributed by atoms with Crippen LogP contribution in [0.4, 0.5) is 11.6 Å². The number of rotatable bonds is 4. The van der Waals surface area contributed by atoms with Gasteiger partial charge < -0.3 is 14.9 Å². The van der Waals surface area contributed by atoms with E-state index in [2.05, 4.69) is 4.98 Å². The maximum absolute atomic E-state index is 11.6. The van der Waals surface area contributed by atoms with Crippen molar-refractivity contribution in [2.75, 3.05) is 12.3 Å². The number of anilines is 1. The minimum absolute atomic E-state index is 0.0545. The number of halogens is 1. The molecule has 2 rings (SSSR count). The molecule has 1 aromatic carbocycles. The van der Waals surface area contributed by atoms with Crippen LogP contribution in [0.2, 0.25) is 5.02 Å². The number of carbonyl (C=O) groups excluding carboxylic acids is 1. The number of nitro benzene ring substituents is 1. The lowest BCUT2D eigenvalue weighted by molar-refractivity contribution is -0.384. The van der Waals surface area contributed by atoms with Gasteiger partial charge >= 0.3 is 5.97 Å². The summed E-state index contributed by atoms with van der Waals surface area (Å²) in [4.78, 5) is 25.7. The first-order valence-electron chi connectivity index (χ1n) is 5.81. The monoisotopic (exact) mass is 311 g/mol. The van der Waals surface area contributed by atoms with Crippen molar-refractivity contribution < 1.29 is 18.9 Å². The van der Waals surface area contributed by atoms with Gasteiger partial charge in [-0.1, -0.05) is 11.6 Å². The number of nitrogens with two attached hydrogens (primary N) is 1. The van der Waals surface area contributed by atoms with Gasteiger partial charge in [0.2, 0.25) is 17.5 Å². The molecule has 0 saturated carbocycles. The van der Waals surface area contributed by atoms with Gasteiger partial charge in [-0.15, -0.1) is 0 Å². The number of ether oxygens (including phenoxy) is 1. The third kappa shape index (κ3) is 3.11. The Balaban J connectivity index is 2.46. The van der Waals surface area contributed by atoms with E-state index in [1.54, 1.807) is 6.92 Å². The van der Waals surface area contributed by atoms with Gasteiger partial charge in [0.15, 0.2) is 0 Å². The maximum Gasteiger partial charge on any atom is 0.362 e. The first-order valence-corrected chi connectivity index (χ1v) is 6.19. The van der Waals surface area contributed by atoms with Crippen LogP contribution in [-0.2, 0) is 4.74 Å². The molecule has 0 unspecified atom stereocenters. The summed E-state index contributed by atoms with van der Waals surface area (Å²) in [5.41, 5.74) is 5.37. The van der Waals surface area contributed by atoms with Crippen LogP contribution in [0.25, 0.3) is 11.5 Å². The lowest BCUT2D eigenvalue weighted by atomic mass is 10.2. The van der Waals surface area contributed by atoms with Gasteiger partial charge in [0.25, 0.3) is 5.69 Å².